The minimum Gasteiger partial charge on any atom is -0.388 e. The van der Waals surface area contributed by atoms with E-state index in [-0.39, 0.29) is 5.92 Å². The fourth-order valence-electron chi connectivity index (χ4n) is 1.59. The van der Waals surface area contributed by atoms with Crippen molar-refractivity contribution >= 4 is 0 Å². The van der Waals surface area contributed by atoms with Gasteiger partial charge in [0, 0.05) is 19.8 Å². The van der Waals surface area contributed by atoms with Crippen molar-refractivity contribution in [1.82, 2.24) is 9.78 Å². The molecule has 0 fully saturated rings. The molecule has 0 spiro atoms. The van der Waals surface area contributed by atoms with Crippen LogP contribution in [0.25, 0.3) is 0 Å². The Bertz CT molecular complexity index is 309. The molecule has 0 bridgehead atoms. The third kappa shape index (κ3) is 3.04. The maximum absolute atomic E-state index is 10.2. The molecule has 3 N–H and O–H groups in total. The van der Waals surface area contributed by atoms with Gasteiger partial charge in [0.25, 0.3) is 0 Å². The maximum atomic E-state index is 10.2. The van der Waals surface area contributed by atoms with Crippen molar-refractivity contribution in [2.24, 2.45) is 18.7 Å². The molecule has 1 aromatic heterocycles. The third-order valence-corrected chi connectivity index (χ3v) is 3.03. The van der Waals surface area contributed by atoms with Crippen LogP contribution in [-0.4, -0.2) is 27.0 Å². The van der Waals surface area contributed by atoms with Crippen molar-refractivity contribution in [2.45, 2.75) is 32.3 Å². The standard InChI is InChI=1S/C11H21N3O/c1-9(2)11(15,8-12)5-4-10-6-13-14(3)7-10/h6-7,9,15H,4-5,8,12H2,1-3H3. The molecule has 4 heteroatoms. The summed E-state index contributed by atoms with van der Waals surface area (Å²) in [4.78, 5) is 0. The predicted molar refractivity (Wildman–Crippen MR) is 60.4 cm³/mol. The normalized spacial score (nSPS) is 15.6. The van der Waals surface area contributed by atoms with Gasteiger partial charge < -0.3 is 10.8 Å². The Morgan fingerprint density at radius 3 is 2.67 bits per heavy atom. The van der Waals surface area contributed by atoms with E-state index in [4.69, 9.17) is 5.73 Å². The van der Waals surface area contributed by atoms with E-state index in [0.29, 0.717) is 13.0 Å². The number of nitrogens with two attached hydrogens (primary N) is 1. The lowest BCUT2D eigenvalue weighted by Crippen LogP contribution is -2.43. The Morgan fingerprint density at radius 2 is 2.27 bits per heavy atom. The largest absolute Gasteiger partial charge is 0.388 e. The first kappa shape index (κ1) is 12.2. The molecule has 0 radical (unpaired) electrons. The summed E-state index contributed by atoms with van der Waals surface area (Å²) in [6.45, 7) is 4.30. The molecule has 86 valence electrons. The highest BCUT2D eigenvalue weighted by atomic mass is 16.3. The highest BCUT2D eigenvalue weighted by Gasteiger charge is 2.28. The van der Waals surface area contributed by atoms with E-state index in [1.54, 1.807) is 4.68 Å². The van der Waals surface area contributed by atoms with Gasteiger partial charge >= 0.3 is 0 Å². The lowest BCUT2D eigenvalue weighted by atomic mass is 9.85. The van der Waals surface area contributed by atoms with Gasteiger partial charge in [-0.25, -0.2) is 0 Å². The van der Waals surface area contributed by atoms with Crippen LogP contribution in [-0.2, 0) is 13.5 Å². The smallest absolute Gasteiger partial charge is 0.0795 e. The van der Waals surface area contributed by atoms with Gasteiger partial charge in [-0.2, -0.15) is 5.10 Å². The minimum atomic E-state index is -0.754. The van der Waals surface area contributed by atoms with E-state index in [1.807, 2.05) is 33.3 Å². The van der Waals surface area contributed by atoms with Crippen LogP contribution in [0.5, 0.6) is 0 Å². The maximum Gasteiger partial charge on any atom is 0.0795 e. The van der Waals surface area contributed by atoms with E-state index < -0.39 is 5.60 Å². The summed E-state index contributed by atoms with van der Waals surface area (Å²) in [6, 6.07) is 0. The van der Waals surface area contributed by atoms with Crippen LogP contribution < -0.4 is 5.73 Å². The number of rotatable bonds is 5. The molecule has 0 aromatic carbocycles. The number of aryl methyl sites for hydroxylation is 2. The van der Waals surface area contributed by atoms with E-state index in [9.17, 15) is 5.11 Å². The summed E-state index contributed by atoms with van der Waals surface area (Å²) in [5.74, 6) is 0.180. The average molecular weight is 211 g/mol. The second-order valence-electron chi connectivity index (χ2n) is 4.48. The lowest BCUT2D eigenvalue weighted by molar-refractivity contribution is -0.00398. The molecule has 15 heavy (non-hydrogen) atoms. The van der Waals surface area contributed by atoms with Gasteiger partial charge in [0.05, 0.1) is 11.8 Å². The van der Waals surface area contributed by atoms with E-state index in [2.05, 4.69) is 5.10 Å². The molecule has 0 aliphatic carbocycles. The number of aromatic nitrogens is 2. The van der Waals surface area contributed by atoms with Crippen LogP contribution in [0.3, 0.4) is 0 Å². The van der Waals surface area contributed by atoms with Crippen molar-refractivity contribution in [3.05, 3.63) is 18.0 Å². The number of hydrogen-bond acceptors (Lipinski definition) is 3. The molecule has 4 nitrogen and oxygen atoms in total. The fourth-order valence-corrected chi connectivity index (χ4v) is 1.59. The summed E-state index contributed by atoms with van der Waals surface area (Å²) >= 11 is 0. The van der Waals surface area contributed by atoms with Gasteiger partial charge in [0.1, 0.15) is 0 Å². The number of nitrogens with zero attached hydrogens (tertiary/aromatic N) is 2. The summed E-state index contributed by atoms with van der Waals surface area (Å²) < 4.78 is 1.77. The summed E-state index contributed by atoms with van der Waals surface area (Å²) in [5.41, 5.74) is 6.00. The van der Waals surface area contributed by atoms with Crippen LogP contribution >= 0.6 is 0 Å². The molecular formula is C11H21N3O. The second-order valence-corrected chi connectivity index (χ2v) is 4.48. The molecule has 0 aliphatic heterocycles. The molecule has 0 saturated carbocycles. The van der Waals surface area contributed by atoms with Gasteiger partial charge in [-0.3, -0.25) is 4.68 Å². The van der Waals surface area contributed by atoms with Gasteiger partial charge in [-0.05, 0) is 24.3 Å². The Balaban J connectivity index is 2.55. The predicted octanol–water partition coefficient (Wildman–Crippen LogP) is 0.698. The minimum absolute atomic E-state index is 0.180. The van der Waals surface area contributed by atoms with Crippen LogP contribution in [0.15, 0.2) is 12.4 Å². The average Bonchev–Trinajstić information content (AvgIpc) is 2.60. The summed E-state index contributed by atoms with van der Waals surface area (Å²) in [6.07, 6.45) is 5.31. The van der Waals surface area contributed by atoms with Crippen LogP contribution in [0.2, 0.25) is 0 Å². The molecule has 0 aliphatic rings. The van der Waals surface area contributed by atoms with Crippen LogP contribution in [0, 0.1) is 5.92 Å². The third-order valence-electron chi connectivity index (χ3n) is 3.03. The van der Waals surface area contributed by atoms with E-state index in [0.717, 1.165) is 12.0 Å². The molecule has 0 amide bonds. The Morgan fingerprint density at radius 1 is 1.60 bits per heavy atom. The molecule has 1 atom stereocenters. The first-order valence-electron chi connectivity index (χ1n) is 5.38. The first-order chi connectivity index (χ1) is 6.98. The van der Waals surface area contributed by atoms with Gasteiger partial charge in [-0.15, -0.1) is 0 Å². The van der Waals surface area contributed by atoms with Gasteiger partial charge in [0.2, 0.25) is 0 Å². The number of hydrogen-bond donors (Lipinski definition) is 2. The van der Waals surface area contributed by atoms with E-state index in [1.165, 1.54) is 0 Å². The van der Waals surface area contributed by atoms with Crippen molar-refractivity contribution in [3.63, 3.8) is 0 Å². The van der Waals surface area contributed by atoms with Crippen molar-refractivity contribution in [2.75, 3.05) is 6.54 Å². The fraction of sp³-hybridized carbons (Fsp3) is 0.727. The Kier molecular flexibility index (Phi) is 3.88. The highest BCUT2D eigenvalue weighted by molar-refractivity contribution is 5.05. The zero-order chi connectivity index (χ0) is 11.5. The van der Waals surface area contributed by atoms with Crippen molar-refractivity contribution in [3.8, 4) is 0 Å². The van der Waals surface area contributed by atoms with E-state index >= 15 is 0 Å². The summed E-state index contributed by atoms with van der Waals surface area (Å²) in [5, 5.41) is 14.3. The molecule has 1 unspecified atom stereocenters. The van der Waals surface area contributed by atoms with Crippen LogP contribution in [0.4, 0.5) is 0 Å². The van der Waals surface area contributed by atoms with Gasteiger partial charge in [0.15, 0.2) is 0 Å². The highest BCUT2D eigenvalue weighted by Crippen LogP contribution is 2.21. The quantitative estimate of drug-likeness (QED) is 0.753. The first-order valence-corrected chi connectivity index (χ1v) is 5.38. The topological polar surface area (TPSA) is 64.1 Å². The zero-order valence-corrected chi connectivity index (χ0v) is 9.77. The molecule has 1 rings (SSSR count). The van der Waals surface area contributed by atoms with Gasteiger partial charge in [-0.1, -0.05) is 13.8 Å². The van der Waals surface area contributed by atoms with Crippen LogP contribution in [0.1, 0.15) is 25.8 Å². The van der Waals surface area contributed by atoms with Crippen molar-refractivity contribution < 1.29 is 5.11 Å². The number of aliphatic hydroxyl groups is 1. The monoisotopic (exact) mass is 211 g/mol. The second kappa shape index (κ2) is 4.77. The molecule has 1 aromatic rings. The Labute approximate surface area is 91.1 Å². The Hall–Kier alpha value is -0.870. The SMILES string of the molecule is CC(C)C(O)(CN)CCc1cnn(C)c1. The summed E-state index contributed by atoms with van der Waals surface area (Å²) in [7, 11) is 1.89. The molecule has 0 saturated heterocycles. The molecular weight excluding hydrogens is 190 g/mol. The molecule has 1 heterocycles. The van der Waals surface area contributed by atoms with Crippen molar-refractivity contribution in [1.29, 1.82) is 0 Å². The zero-order valence-electron chi connectivity index (χ0n) is 9.77. The lowest BCUT2D eigenvalue weighted by Gasteiger charge is -2.30.